The first kappa shape index (κ1) is 18.8. The van der Waals surface area contributed by atoms with Gasteiger partial charge in [-0.1, -0.05) is 0 Å². The third-order valence-corrected chi connectivity index (χ3v) is 5.07. The maximum absolute atomic E-state index is 14.6. The first-order valence-corrected chi connectivity index (χ1v) is 8.03. The van der Waals surface area contributed by atoms with Gasteiger partial charge in [-0.15, -0.1) is 0 Å². The van der Waals surface area contributed by atoms with Crippen molar-refractivity contribution < 1.29 is 26.3 Å². The van der Waals surface area contributed by atoms with E-state index in [0.717, 1.165) is 0 Å². The second-order valence-corrected chi connectivity index (χ2v) is 7.39. The lowest BCUT2D eigenvalue weighted by atomic mass is 9.85. The smallest absolute Gasteiger partial charge is 0.152 e. The fourth-order valence-electron chi connectivity index (χ4n) is 3.75. The van der Waals surface area contributed by atoms with Crippen molar-refractivity contribution in [3.63, 3.8) is 0 Å². The van der Waals surface area contributed by atoms with Gasteiger partial charge in [0.05, 0.1) is 6.67 Å². The maximum atomic E-state index is 14.6. The molecule has 0 amide bonds. The molecule has 0 aromatic heterocycles. The van der Waals surface area contributed by atoms with Gasteiger partial charge in [-0.25, -0.2) is 26.3 Å². The van der Waals surface area contributed by atoms with E-state index in [-0.39, 0.29) is 13.2 Å². The van der Waals surface area contributed by atoms with Crippen LogP contribution in [0, 0.1) is 17.5 Å². The fraction of sp³-hybridized carbons (Fsp3) is 0.444. The Morgan fingerprint density at radius 1 is 1.00 bits per heavy atom. The molecule has 1 fully saturated rings. The van der Waals surface area contributed by atoms with Gasteiger partial charge in [0.15, 0.2) is 11.6 Å². The largest absolute Gasteiger partial charge is 0.352 e. The Bertz CT molecular complexity index is 780. The summed E-state index contributed by atoms with van der Waals surface area (Å²) in [5.74, 6) is -5.30. The Morgan fingerprint density at radius 3 is 2.12 bits per heavy atom. The highest BCUT2D eigenvalue weighted by molar-refractivity contribution is 5.51. The molecular formula is C18H18F6N2. The zero-order valence-corrected chi connectivity index (χ0v) is 14.5. The van der Waals surface area contributed by atoms with E-state index < -0.39 is 52.0 Å². The molecule has 26 heavy (non-hydrogen) atoms. The van der Waals surface area contributed by atoms with Crippen molar-refractivity contribution in [2.75, 3.05) is 18.1 Å². The molecule has 1 aliphatic heterocycles. The molecular weight excluding hydrogens is 358 g/mol. The Kier molecular flexibility index (Phi) is 4.37. The van der Waals surface area contributed by atoms with Crippen LogP contribution < -0.4 is 4.90 Å². The summed E-state index contributed by atoms with van der Waals surface area (Å²) in [5.41, 5.74) is -3.21. The minimum atomic E-state index is -1.99. The molecule has 0 bridgehead atoms. The second-order valence-electron chi connectivity index (χ2n) is 7.39. The van der Waals surface area contributed by atoms with Crippen LogP contribution in [0.25, 0.3) is 0 Å². The highest BCUT2D eigenvalue weighted by Crippen LogP contribution is 2.44. The lowest BCUT2D eigenvalue weighted by molar-refractivity contribution is 0.0115. The van der Waals surface area contributed by atoms with Gasteiger partial charge in [-0.3, -0.25) is 4.90 Å². The van der Waals surface area contributed by atoms with Gasteiger partial charge >= 0.3 is 0 Å². The molecule has 8 heteroatoms. The monoisotopic (exact) mass is 376 g/mol. The molecule has 0 saturated carbocycles. The summed E-state index contributed by atoms with van der Waals surface area (Å²) in [6, 6.07) is 1.10. The average Bonchev–Trinajstić information content (AvgIpc) is 2.79. The predicted octanol–water partition coefficient (Wildman–Crippen LogP) is 4.78. The molecule has 3 rings (SSSR count). The number of allylic oxidation sites excluding steroid dienone is 2. The number of rotatable bonds is 2. The van der Waals surface area contributed by atoms with E-state index in [1.165, 1.54) is 16.7 Å². The minimum Gasteiger partial charge on any atom is -0.352 e. The summed E-state index contributed by atoms with van der Waals surface area (Å²) in [6.07, 6.45) is -0.718. The molecule has 0 spiro atoms. The van der Waals surface area contributed by atoms with Crippen molar-refractivity contribution in [3.8, 4) is 0 Å². The normalized spacial score (nSPS) is 29.0. The van der Waals surface area contributed by atoms with Gasteiger partial charge in [0.1, 0.15) is 34.9 Å². The van der Waals surface area contributed by atoms with Crippen molar-refractivity contribution in [1.82, 2.24) is 4.90 Å². The predicted molar refractivity (Wildman–Crippen MR) is 86.1 cm³/mol. The Morgan fingerprint density at radius 2 is 1.58 bits per heavy atom. The van der Waals surface area contributed by atoms with Crippen LogP contribution in [0.3, 0.4) is 0 Å². The molecule has 1 saturated heterocycles. The van der Waals surface area contributed by atoms with Crippen molar-refractivity contribution in [2.45, 2.75) is 38.0 Å². The quantitative estimate of drug-likeness (QED) is 0.686. The third-order valence-electron chi connectivity index (χ3n) is 5.07. The van der Waals surface area contributed by atoms with E-state index in [1.54, 1.807) is 13.8 Å². The van der Waals surface area contributed by atoms with Crippen LogP contribution in [0.5, 0.6) is 0 Å². The molecule has 142 valence electrons. The molecule has 0 N–H and O–H groups in total. The molecule has 1 heterocycles. The van der Waals surface area contributed by atoms with E-state index in [1.807, 2.05) is 0 Å². The SMILES string of the molecule is CC1(C)CN(c2c(F)cc(F)cc2F)CN1C1(C)C(F)=CC(F)=CC1F. The van der Waals surface area contributed by atoms with Crippen molar-refractivity contribution in [3.05, 3.63) is 53.4 Å². The summed E-state index contributed by atoms with van der Waals surface area (Å²) in [6.45, 7) is 4.40. The minimum absolute atomic E-state index is 0.0360. The lowest BCUT2D eigenvalue weighted by Gasteiger charge is -2.46. The van der Waals surface area contributed by atoms with Gasteiger partial charge in [0.2, 0.25) is 0 Å². The number of hydrogen-bond donors (Lipinski definition) is 0. The summed E-state index contributed by atoms with van der Waals surface area (Å²) in [4.78, 5) is 2.64. The summed E-state index contributed by atoms with van der Waals surface area (Å²) >= 11 is 0. The number of hydrogen-bond acceptors (Lipinski definition) is 2. The van der Waals surface area contributed by atoms with Crippen LogP contribution in [-0.4, -0.2) is 35.4 Å². The third kappa shape index (κ3) is 2.80. The van der Waals surface area contributed by atoms with Crippen molar-refractivity contribution >= 4 is 5.69 Å². The molecule has 2 unspecified atom stereocenters. The van der Waals surface area contributed by atoms with Gasteiger partial charge in [0.25, 0.3) is 0 Å². The summed E-state index contributed by atoms with van der Waals surface area (Å²) < 4.78 is 83.9. The van der Waals surface area contributed by atoms with Crippen LogP contribution in [0.1, 0.15) is 20.8 Å². The van der Waals surface area contributed by atoms with Crippen molar-refractivity contribution in [1.29, 1.82) is 0 Å². The number of benzene rings is 1. The summed E-state index contributed by atoms with van der Waals surface area (Å²) in [7, 11) is 0. The van der Waals surface area contributed by atoms with Crippen LogP contribution in [0.4, 0.5) is 32.0 Å². The zero-order valence-electron chi connectivity index (χ0n) is 14.5. The molecule has 2 nitrogen and oxygen atoms in total. The molecule has 0 radical (unpaired) electrons. The Labute approximate surface area is 147 Å². The standard InChI is InChI=1S/C18H18F6N2/c1-17(2)8-25(16-12(21)4-10(19)5-13(16)22)9-26(17)18(3)14(23)6-11(20)7-15(18)24/h4-7,14H,8-9H2,1-3H3. The maximum Gasteiger partial charge on any atom is 0.152 e. The van der Waals surface area contributed by atoms with E-state index in [4.69, 9.17) is 0 Å². The highest BCUT2D eigenvalue weighted by Gasteiger charge is 2.54. The van der Waals surface area contributed by atoms with E-state index >= 15 is 0 Å². The molecule has 1 aliphatic carbocycles. The van der Waals surface area contributed by atoms with Crippen LogP contribution in [-0.2, 0) is 0 Å². The highest BCUT2D eigenvalue weighted by atomic mass is 19.2. The molecule has 2 aliphatic rings. The number of alkyl halides is 1. The Balaban J connectivity index is 2.01. The van der Waals surface area contributed by atoms with Crippen LogP contribution in [0.15, 0.2) is 35.9 Å². The first-order valence-electron chi connectivity index (χ1n) is 8.03. The molecule has 1 aromatic rings. The molecule has 1 aromatic carbocycles. The number of nitrogens with zero attached hydrogens (tertiary/aromatic N) is 2. The number of anilines is 1. The average molecular weight is 376 g/mol. The first-order chi connectivity index (χ1) is 12.0. The van der Waals surface area contributed by atoms with E-state index in [2.05, 4.69) is 0 Å². The van der Waals surface area contributed by atoms with Crippen molar-refractivity contribution in [2.24, 2.45) is 0 Å². The number of halogens is 6. The lowest BCUT2D eigenvalue weighted by Crippen LogP contribution is -2.60. The van der Waals surface area contributed by atoms with Gasteiger partial charge in [0, 0.05) is 30.3 Å². The van der Waals surface area contributed by atoms with Crippen LogP contribution >= 0.6 is 0 Å². The fourth-order valence-corrected chi connectivity index (χ4v) is 3.75. The van der Waals surface area contributed by atoms with Gasteiger partial charge in [-0.05, 0) is 26.8 Å². The molecule has 2 atom stereocenters. The van der Waals surface area contributed by atoms with E-state index in [9.17, 15) is 26.3 Å². The van der Waals surface area contributed by atoms with Gasteiger partial charge in [-0.2, -0.15) is 0 Å². The summed E-state index contributed by atoms with van der Waals surface area (Å²) in [5, 5.41) is 0. The Hall–Kier alpha value is -1.96. The zero-order chi connectivity index (χ0) is 19.4. The topological polar surface area (TPSA) is 6.48 Å². The van der Waals surface area contributed by atoms with E-state index in [0.29, 0.717) is 24.3 Å². The van der Waals surface area contributed by atoms with Crippen LogP contribution in [0.2, 0.25) is 0 Å². The van der Waals surface area contributed by atoms with Gasteiger partial charge < -0.3 is 4.90 Å². The second kappa shape index (κ2) is 6.04.